The third kappa shape index (κ3) is 4.63. The number of ether oxygens (including phenoxy) is 3. The van der Waals surface area contributed by atoms with Crippen LogP contribution in [0.3, 0.4) is 0 Å². The van der Waals surface area contributed by atoms with Crippen LogP contribution in [0.2, 0.25) is 0 Å². The van der Waals surface area contributed by atoms with Crippen molar-refractivity contribution >= 4 is 27.5 Å². The van der Waals surface area contributed by atoms with Gasteiger partial charge in [-0.1, -0.05) is 15.9 Å². The standard InChI is InChI=1S/C17H18BrNO4/c1-11(23-13-6-4-12(18)5-7-13)17(20)19-15-9-8-14(21-2)10-16(15)22-3/h4-11H,1-3H3,(H,19,20). The first kappa shape index (κ1) is 17.1. The van der Waals surface area contributed by atoms with Gasteiger partial charge in [-0.3, -0.25) is 4.79 Å². The van der Waals surface area contributed by atoms with Crippen molar-refractivity contribution in [2.45, 2.75) is 13.0 Å². The highest BCUT2D eigenvalue weighted by molar-refractivity contribution is 9.10. The highest BCUT2D eigenvalue weighted by Gasteiger charge is 2.17. The summed E-state index contributed by atoms with van der Waals surface area (Å²) >= 11 is 3.35. The first-order valence-electron chi connectivity index (χ1n) is 6.98. The van der Waals surface area contributed by atoms with Crippen LogP contribution in [-0.4, -0.2) is 26.2 Å². The Labute approximate surface area is 143 Å². The van der Waals surface area contributed by atoms with E-state index in [4.69, 9.17) is 14.2 Å². The molecule has 1 unspecified atom stereocenters. The molecule has 122 valence electrons. The molecule has 0 bridgehead atoms. The molecule has 2 aromatic carbocycles. The fourth-order valence-corrected chi connectivity index (χ4v) is 2.17. The normalized spacial score (nSPS) is 11.5. The Balaban J connectivity index is 2.04. The van der Waals surface area contributed by atoms with Gasteiger partial charge in [-0.2, -0.15) is 0 Å². The van der Waals surface area contributed by atoms with Crippen molar-refractivity contribution in [2.75, 3.05) is 19.5 Å². The first-order chi connectivity index (χ1) is 11.0. The molecule has 1 atom stereocenters. The number of rotatable bonds is 6. The summed E-state index contributed by atoms with van der Waals surface area (Å²) in [5, 5.41) is 2.79. The molecule has 5 nitrogen and oxygen atoms in total. The second-order valence-electron chi connectivity index (χ2n) is 4.77. The zero-order valence-corrected chi connectivity index (χ0v) is 14.7. The van der Waals surface area contributed by atoms with Gasteiger partial charge in [-0.25, -0.2) is 0 Å². The van der Waals surface area contributed by atoms with Gasteiger partial charge in [0.05, 0.1) is 19.9 Å². The summed E-state index contributed by atoms with van der Waals surface area (Å²) in [6, 6.07) is 12.5. The number of amides is 1. The van der Waals surface area contributed by atoms with Crippen molar-refractivity contribution < 1.29 is 19.0 Å². The molecule has 0 aliphatic heterocycles. The second-order valence-corrected chi connectivity index (χ2v) is 5.69. The van der Waals surface area contributed by atoms with E-state index in [1.807, 2.05) is 12.1 Å². The molecule has 6 heteroatoms. The zero-order valence-electron chi connectivity index (χ0n) is 13.1. The molecule has 1 amide bonds. The number of carbonyl (C=O) groups is 1. The second kappa shape index (κ2) is 7.87. The van der Waals surface area contributed by atoms with E-state index in [0.717, 1.165) is 4.47 Å². The summed E-state index contributed by atoms with van der Waals surface area (Å²) in [4.78, 5) is 12.3. The number of nitrogens with one attached hydrogen (secondary N) is 1. The molecule has 0 saturated heterocycles. The van der Waals surface area contributed by atoms with Gasteiger partial charge >= 0.3 is 0 Å². The maximum atomic E-state index is 12.3. The van der Waals surface area contributed by atoms with Crippen molar-refractivity contribution in [3.63, 3.8) is 0 Å². The predicted molar refractivity (Wildman–Crippen MR) is 92.4 cm³/mol. The molecule has 0 aromatic heterocycles. The number of anilines is 1. The molecule has 0 aliphatic carbocycles. The molecular weight excluding hydrogens is 362 g/mol. The third-order valence-corrected chi connectivity index (χ3v) is 3.69. The van der Waals surface area contributed by atoms with Crippen LogP contribution in [0, 0.1) is 0 Å². The van der Waals surface area contributed by atoms with Gasteiger partial charge in [0.2, 0.25) is 0 Å². The molecule has 1 N–H and O–H groups in total. The first-order valence-corrected chi connectivity index (χ1v) is 7.78. The maximum absolute atomic E-state index is 12.3. The van der Waals surface area contributed by atoms with Crippen molar-refractivity contribution in [2.24, 2.45) is 0 Å². The highest BCUT2D eigenvalue weighted by atomic mass is 79.9. The maximum Gasteiger partial charge on any atom is 0.265 e. The average molecular weight is 380 g/mol. The van der Waals surface area contributed by atoms with Crippen LogP contribution in [0.1, 0.15) is 6.92 Å². The number of methoxy groups -OCH3 is 2. The van der Waals surface area contributed by atoms with Crippen LogP contribution in [-0.2, 0) is 4.79 Å². The molecule has 23 heavy (non-hydrogen) atoms. The Morgan fingerprint density at radius 2 is 1.70 bits per heavy atom. The van der Waals surface area contributed by atoms with E-state index < -0.39 is 6.10 Å². The summed E-state index contributed by atoms with van der Waals surface area (Å²) in [7, 11) is 3.10. The third-order valence-electron chi connectivity index (χ3n) is 3.16. The van der Waals surface area contributed by atoms with E-state index in [9.17, 15) is 4.79 Å². The minimum atomic E-state index is -0.650. The Morgan fingerprint density at radius 3 is 2.30 bits per heavy atom. The largest absolute Gasteiger partial charge is 0.497 e. The zero-order chi connectivity index (χ0) is 16.8. The average Bonchev–Trinajstić information content (AvgIpc) is 2.57. The molecule has 0 heterocycles. The topological polar surface area (TPSA) is 56.8 Å². The Bertz CT molecular complexity index is 673. The molecular formula is C17H18BrNO4. The van der Waals surface area contributed by atoms with Gasteiger partial charge in [0, 0.05) is 10.5 Å². The predicted octanol–water partition coefficient (Wildman–Crippen LogP) is 3.87. The van der Waals surface area contributed by atoms with Crippen LogP contribution >= 0.6 is 15.9 Å². The van der Waals surface area contributed by atoms with E-state index in [2.05, 4.69) is 21.2 Å². The van der Waals surface area contributed by atoms with Gasteiger partial charge in [0.25, 0.3) is 5.91 Å². The fourth-order valence-electron chi connectivity index (χ4n) is 1.91. The minimum absolute atomic E-state index is 0.267. The van der Waals surface area contributed by atoms with E-state index in [1.54, 1.807) is 44.4 Å². The molecule has 2 rings (SSSR count). The lowest BCUT2D eigenvalue weighted by molar-refractivity contribution is -0.122. The summed E-state index contributed by atoms with van der Waals surface area (Å²) < 4.78 is 17.0. The Morgan fingerprint density at radius 1 is 1.04 bits per heavy atom. The lowest BCUT2D eigenvalue weighted by Gasteiger charge is -2.16. The molecule has 0 fully saturated rings. The van der Waals surface area contributed by atoms with Gasteiger partial charge < -0.3 is 19.5 Å². The lowest BCUT2D eigenvalue weighted by atomic mass is 10.2. The molecule has 0 radical (unpaired) electrons. The fraction of sp³-hybridized carbons (Fsp3) is 0.235. The van der Waals surface area contributed by atoms with Crippen LogP contribution in [0.25, 0.3) is 0 Å². The SMILES string of the molecule is COc1ccc(NC(=O)C(C)Oc2ccc(Br)cc2)c(OC)c1. The van der Waals surface area contributed by atoms with Crippen LogP contribution in [0.15, 0.2) is 46.9 Å². The number of carbonyl (C=O) groups excluding carboxylic acids is 1. The summed E-state index contributed by atoms with van der Waals surface area (Å²) in [5.74, 6) is 1.53. The van der Waals surface area contributed by atoms with Crippen LogP contribution in [0.5, 0.6) is 17.2 Å². The minimum Gasteiger partial charge on any atom is -0.497 e. The summed E-state index contributed by atoms with van der Waals surface area (Å²) in [5.41, 5.74) is 0.560. The van der Waals surface area contributed by atoms with Crippen molar-refractivity contribution in [1.29, 1.82) is 0 Å². The molecule has 0 aliphatic rings. The van der Waals surface area contributed by atoms with Crippen LogP contribution < -0.4 is 19.5 Å². The molecule has 0 saturated carbocycles. The smallest absolute Gasteiger partial charge is 0.265 e. The van der Waals surface area contributed by atoms with Crippen molar-refractivity contribution in [3.8, 4) is 17.2 Å². The number of benzene rings is 2. The van der Waals surface area contributed by atoms with Gasteiger partial charge in [0.15, 0.2) is 6.10 Å². The molecule has 0 spiro atoms. The van der Waals surface area contributed by atoms with E-state index >= 15 is 0 Å². The van der Waals surface area contributed by atoms with Gasteiger partial charge in [-0.15, -0.1) is 0 Å². The summed E-state index contributed by atoms with van der Waals surface area (Å²) in [6.07, 6.45) is -0.650. The monoisotopic (exact) mass is 379 g/mol. The van der Waals surface area contributed by atoms with E-state index in [1.165, 1.54) is 7.11 Å². The van der Waals surface area contributed by atoms with Crippen molar-refractivity contribution in [1.82, 2.24) is 0 Å². The van der Waals surface area contributed by atoms with E-state index in [0.29, 0.717) is 22.9 Å². The Kier molecular flexibility index (Phi) is 5.87. The van der Waals surface area contributed by atoms with E-state index in [-0.39, 0.29) is 5.91 Å². The number of hydrogen-bond acceptors (Lipinski definition) is 4. The lowest BCUT2D eigenvalue weighted by Crippen LogP contribution is -2.30. The highest BCUT2D eigenvalue weighted by Crippen LogP contribution is 2.29. The number of halogens is 1. The number of hydrogen-bond donors (Lipinski definition) is 1. The van der Waals surface area contributed by atoms with Crippen molar-refractivity contribution in [3.05, 3.63) is 46.9 Å². The Hall–Kier alpha value is -2.21. The van der Waals surface area contributed by atoms with Crippen LogP contribution in [0.4, 0.5) is 5.69 Å². The molecule has 2 aromatic rings. The quantitative estimate of drug-likeness (QED) is 0.827. The summed E-state index contributed by atoms with van der Waals surface area (Å²) in [6.45, 7) is 1.69. The van der Waals surface area contributed by atoms with Gasteiger partial charge in [0.1, 0.15) is 17.2 Å². The van der Waals surface area contributed by atoms with Gasteiger partial charge in [-0.05, 0) is 43.3 Å².